The normalized spacial score (nSPS) is 16.9. The van der Waals surface area contributed by atoms with Gasteiger partial charge in [-0.2, -0.15) is 9.78 Å². The van der Waals surface area contributed by atoms with Crippen LogP contribution in [0.5, 0.6) is 0 Å². The number of fused-ring (bicyclic) bond motifs is 1. The lowest BCUT2D eigenvalue weighted by molar-refractivity contribution is 0.0926. The SMILES string of the molecule is CC(CO)c1nc(-c2ccc3c(c2)CC[C@H]3NC(=O)c2nnn(C)n2)no1. The Morgan fingerprint density at radius 1 is 1.48 bits per heavy atom. The van der Waals surface area contributed by atoms with Crippen LogP contribution in [0.3, 0.4) is 0 Å². The van der Waals surface area contributed by atoms with Gasteiger partial charge in [0.1, 0.15) is 0 Å². The van der Waals surface area contributed by atoms with Crippen LogP contribution in [-0.4, -0.2) is 48.0 Å². The molecule has 3 aromatic rings. The lowest BCUT2D eigenvalue weighted by atomic mass is 10.0. The molecule has 1 aliphatic rings. The van der Waals surface area contributed by atoms with Crippen LogP contribution < -0.4 is 5.32 Å². The number of aliphatic hydroxyl groups excluding tert-OH is 1. The molecule has 10 nitrogen and oxygen atoms in total. The molecule has 27 heavy (non-hydrogen) atoms. The summed E-state index contributed by atoms with van der Waals surface area (Å²) in [7, 11) is 1.61. The number of amides is 1. The Kier molecular flexibility index (Phi) is 4.40. The number of aryl methyl sites for hydroxylation is 2. The summed E-state index contributed by atoms with van der Waals surface area (Å²) in [6, 6.07) is 5.79. The maximum absolute atomic E-state index is 12.3. The first kappa shape index (κ1) is 17.3. The van der Waals surface area contributed by atoms with Gasteiger partial charge in [0.05, 0.1) is 25.6 Å². The molecule has 0 aliphatic heterocycles. The second-order valence-corrected chi connectivity index (χ2v) is 6.62. The first-order chi connectivity index (χ1) is 13.0. The molecular weight excluding hydrogens is 350 g/mol. The first-order valence-corrected chi connectivity index (χ1v) is 8.67. The van der Waals surface area contributed by atoms with Crippen LogP contribution in [-0.2, 0) is 13.5 Å². The van der Waals surface area contributed by atoms with Gasteiger partial charge in [-0.05, 0) is 35.2 Å². The van der Waals surface area contributed by atoms with E-state index in [2.05, 4.69) is 30.9 Å². The number of rotatable bonds is 5. The zero-order valence-corrected chi connectivity index (χ0v) is 15.0. The summed E-state index contributed by atoms with van der Waals surface area (Å²) in [5, 5.41) is 27.5. The highest BCUT2D eigenvalue weighted by atomic mass is 16.5. The van der Waals surface area contributed by atoms with E-state index in [0.717, 1.165) is 29.5 Å². The maximum Gasteiger partial charge on any atom is 0.293 e. The topological polar surface area (TPSA) is 132 Å². The van der Waals surface area contributed by atoms with Gasteiger partial charge in [0, 0.05) is 5.56 Å². The van der Waals surface area contributed by atoms with Gasteiger partial charge >= 0.3 is 0 Å². The van der Waals surface area contributed by atoms with Crippen molar-refractivity contribution in [3.8, 4) is 11.4 Å². The van der Waals surface area contributed by atoms with Crippen molar-refractivity contribution >= 4 is 5.91 Å². The molecule has 10 heteroatoms. The van der Waals surface area contributed by atoms with E-state index in [1.54, 1.807) is 7.05 Å². The molecule has 0 radical (unpaired) electrons. The standard InChI is InChI=1S/C17H19N7O3/c1-9(8-25)17-19-14(22-27-17)11-3-5-12-10(7-11)4-6-13(12)18-16(26)15-20-23-24(2)21-15/h3,5,7,9,13,25H,4,6,8H2,1-2H3,(H,18,26)/t9?,13-/m1/s1. The monoisotopic (exact) mass is 369 g/mol. The van der Waals surface area contributed by atoms with Crippen LogP contribution in [0, 0.1) is 0 Å². The summed E-state index contributed by atoms with van der Waals surface area (Å²) in [4.78, 5) is 17.9. The molecule has 1 aliphatic carbocycles. The molecule has 2 N–H and O–H groups in total. The highest BCUT2D eigenvalue weighted by Crippen LogP contribution is 2.34. The number of carbonyl (C=O) groups excluding carboxylic acids is 1. The molecule has 2 atom stereocenters. The van der Waals surface area contributed by atoms with Crippen LogP contribution in [0.2, 0.25) is 0 Å². The summed E-state index contributed by atoms with van der Waals surface area (Å²) in [6.07, 6.45) is 1.63. The van der Waals surface area contributed by atoms with E-state index >= 15 is 0 Å². The van der Waals surface area contributed by atoms with Gasteiger partial charge in [0.25, 0.3) is 11.7 Å². The fraction of sp³-hybridized carbons (Fsp3) is 0.412. The molecular formula is C17H19N7O3. The van der Waals surface area contributed by atoms with Gasteiger partial charge in [-0.1, -0.05) is 24.2 Å². The number of aliphatic hydroxyl groups is 1. The van der Waals surface area contributed by atoms with Crippen molar-refractivity contribution < 1.29 is 14.4 Å². The molecule has 1 aromatic carbocycles. The van der Waals surface area contributed by atoms with E-state index < -0.39 is 0 Å². The summed E-state index contributed by atoms with van der Waals surface area (Å²) < 4.78 is 5.22. The number of nitrogens with zero attached hydrogens (tertiary/aromatic N) is 6. The molecule has 1 unspecified atom stereocenters. The number of tetrazole rings is 1. The zero-order valence-electron chi connectivity index (χ0n) is 15.0. The number of carbonyl (C=O) groups is 1. The highest BCUT2D eigenvalue weighted by Gasteiger charge is 2.26. The lowest BCUT2D eigenvalue weighted by Gasteiger charge is -2.12. The Morgan fingerprint density at radius 2 is 2.33 bits per heavy atom. The Hall–Kier alpha value is -3.14. The van der Waals surface area contributed by atoms with Gasteiger partial charge in [0.15, 0.2) is 0 Å². The molecule has 4 rings (SSSR count). The second kappa shape index (κ2) is 6.88. The number of nitrogens with one attached hydrogen (secondary N) is 1. The predicted octanol–water partition coefficient (Wildman–Crippen LogP) is 0.773. The van der Waals surface area contributed by atoms with Crippen molar-refractivity contribution in [2.75, 3.05) is 6.61 Å². The number of aromatic nitrogens is 6. The van der Waals surface area contributed by atoms with Crippen LogP contribution in [0.1, 0.15) is 52.9 Å². The van der Waals surface area contributed by atoms with Gasteiger partial charge < -0.3 is 14.9 Å². The largest absolute Gasteiger partial charge is 0.396 e. The summed E-state index contributed by atoms with van der Waals surface area (Å²) in [5.74, 6) is 0.416. The number of hydrogen-bond acceptors (Lipinski definition) is 8. The summed E-state index contributed by atoms with van der Waals surface area (Å²) in [5.41, 5.74) is 3.03. The Bertz CT molecular complexity index is 981. The van der Waals surface area contributed by atoms with Gasteiger partial charge in [0.2, 0.25) is 11.7 Å². The third-order valence-electron chi connectivity index (χ3n) is 4.63. The molecule has 0 fully saturated rings. The van der Waals surface area contributed by atoms with Gasteiger partial charge in [-0.15, -0.1) is 10.2 Å². The summed E-state index contributed by atoms with van der Waals surface area (Å²) >= 11 is 0. The van der Waals surface area contributed by atoms with E-state index in [1.165, 1.54) is 4.80 Å². The smallest absolute Gasteiger partial charge is 0.293 e. The number of benzene rings is 1. The Balaban J connectivity index is 1.52. The summed E-state index contributed by atoms with van der Waals surface area (Å²) in [6.45, 7) is 1.77. The lowest BCUT2D eigenvalue weighted by Crippen LogP contribution is -2.28. The molecule has 2 heterocycles. The van der Waals surface area contributed by atoms with Crippen molar-refractivity contribution in [1.82, 2.24) is 35.7 Å². The fourth-order valence-corrected chi connectivity index (χ4v) is 3.14. The fourth-order valence-electron chi connectivity index (χ4n) is 3.14. The quantitative estimate of drug-likeness (QED) is 0.674. The second-order valence-electron chi connectivity index (χ2n) is 6.62. The van der Waals surface area contributed by atoms with Crippen LogP contribution in [0.25, 0.3) is 11.4 Å². The molecule has 0 bridgehead atoms. The minimum atomic E-state index is -0.342. The first-order valence-electron chi connectivity index (χ1n) is 8.67. The zero-order chi connectivity index (χ0) is 19.0. The average molecular weight is 369 g/mol. The maximum atomic E-state index is 12.3. The van der Waals surface area contributed by atoms with E-state index in [0.29, 0.717) is 11.7 Å². The molecule has 2 aromatic heterocycles. The van der Waals surface area contributed by atoms with Gasteiger partial charge in [-0.25, -0.2) is 0 Å². The van der Waals surface area contributed by atoms with Crippen LogP contribution in [0.15, 0.2) is 22.7 Å². The third-order valence-corrected chi connectivity index (χ3v) is 4.63. The van der Waals surface area contributed by atoms with E-state index in [-0.39, 0.29) is 30.3 Å². The molecule has 140 valence electrons. The third kappa shape index (κ3) is 3.31. The Morgan fingerprint density at radius 3 is 3.07 bits per heavy atom. The number of hydrogen-bond donors (Lipinski definition) is 2. The highest BCUT2D eigenvalue weighted by molar-refractivity contribution is 5.90. The van der Waals surface area contributed by atoms with Crippen LogP contribution in [0.4, 0.5) is 0 Å². The Labute approximate surface area is 154 Å². The predicted molar refractivity (Wildman–Crippen MR) is 92.6 cm³/mol. The van der Waals surface area contributed by atoms with Gasteiger partial charge in [-0.3, -0.25) is 4.79 Å². The minimum absolute atomic E-state index is 0.0478. The van der Waals surface area contributed by atoms with Crippen molar-refractivity contribution in [3.63, 3.8) is 0 Å². The van der Waals surface area contributed by atoms with E-state index in [1.807, 2.05) is 25.1 Å². The van der Waals surface area contributed by atoms with E-state index in [4.69, 9.17) is 4.52 Å². The molecule has 0 saturated carbocycles. The van der Waals surface area contributed by atoms with Crippen molar-refractivity contribution in [2.45, 2.75) is 31.7 Å². The van der Waals surface area contributed by atoms with E-state index in [9.17, 15) is 9.90 Å². The minimum Gasteiger partial charge on any atom is -0.396 e. The van der Waals surface area contributed by atoms with Crippen LogP contribution >= 0.6 is 0 Å². The van der Waals surface area contributed by atoms with Crippen molar-refractivity contribution in [2.24, 2.45) is 7.05 Å². The molecule has 1 amide bonds. The molecule has 0 spiro atoms. The van der Waals surface area contributed by atoms with Crippen molar-refractivity contribution in [1.29, 1.82) is 0 Å². The molecule has 0 saturated heterocycles. The average Bonchev–Trinajstić information content (AvgIpc) is 3.40. The van der Waals surface area contributed by atoms with Crippen molar-refractivity contribution in [3.05, 3.63) is 41.0 Å².